The summed E-state index contributed by atoms with van der Waals surface area (Å²) < 4.78 is 10.7. The minimum Gasteiger partial charge on any atom is -0.495 e. The molecule has 2 atom stereocenters. The summed E-state index contributed by atoms with van der Waals surface area (Å²) in [4.78, 5) is 12.1. The lowest BCUT2D eigenvalue weighted by molar-refractivity contribution is -0.126. The molecule has 104 valence electrons. The van der Waals surface area contributed by atoms with Crippen molar-refractivity contribution in [2.24, 2.45) is 5.73 Å². The number of halogens is 1. The number of carbonyl (C=O) groups is 1. The summed E-state index contributed by atoms with van der Waals surface area (Å²) in [7, 11) is 1.54. The number of ether oxygens (including phenoxy) is 2. The van der Waals surface area contributed by atoms with Gasteiger partial charge in [-0.15, -0.1) is 0 Å². The van der Waals surface area contributed by atoms with Gasteiger partial charge >= 0.3 is 0 Å². The molecule has 0 aromatic heterocycles. The second-order valence-electron chi connectivity index (χ2n) is 4.39. The van der Waals surface area contributed by atoms with E-state index in [1.165, 1.54) is 7.11 Å². The molecule has 3 N–H and O–H groups in total. The SMILES string of the molecule is COc1ccc(Cl)cc1NC(=O)C1CCC(CN)O1. The molecular formula is C13H17ClN2O3. The Morgan fingerprint density at radius 3 is 3.00 bits per heavy atom. The quantitative estimate of drug-likeness (QED) is 0.884. The van der Waals surface area contributed by atoms with Crippen molar-refractivity contribution in [1.82, 2.24) is 0 Å². The molecule has 6 heteroatoms. The Hall–Kier alpha value is -1.30. The van der Waals surface area contributed by atoms with Gasteiger partial charge in [0, 0.05) is 11.6 Å². The van der Waals surface area contributed by atoms with Crippen molar-refractivity contribution in [1.29, 1.82) is 0 Å². The Labute approximate surface area is 117 Å². The molecule has 0 aliphatic carbocycles. The van der Waals surface area contributed by atoms with Crippen molar-refractivity contribution in [2.45, 2.75) is 25.0 Å². The number of hydrogen-bond acceptors (Lipinski definition) is 4. The van der Waals surface area contributed by atoms with Gasteiger partial charge < -0.3 is 20.5 Å². The maximum atomic E-state index is 12.1. The van der Waals surface area contributed by atoms with Gasteiger partial charge in [-0.25, -0.2) is 0 Å². The molecule has 0 spiro atoms. The van der Waals surface area contributed by atoms with Crippen LogP contribution >= 0.6 is 11.6 Å². The maximum absolute atomic E-state index is 12.1. The van der Waals surface area contributed by atoms with Crippen LogP contribution in [0.3, 0.4) is 0 Å². The smallest absolute Gasteiger partial charge is 0.253 e. The Bertz CT molecular complexity index is 467. The van der Waals surface area contributed by atoms with Crippen LogP contribution in [-0.2, 0) is 9.53 Å². The predicted molar refractivity (Wildman–Crippen MR) is 73.6 cm³/mol. The van der Waals surface area contributed by atoms with Crippen LogP contribution in [0.4, 0.5) is 5.69 Å². The first-order valence-corrected chi connectivity index (χ1v) is 6.51. The van der Waals surface area contributed by atoms with Crippen LogP contribution in [0, 0.1) is 0 Å². The van der Waals surface area contributed by atoms with Gasteiger partial charge in [-0.1, -0.05) is 11.6 Å². The molecule has 0 radical (unpaired) electrons. The van der Waals surface area contributed by atoms with E-state index < -0.39 is 6.10 Å². The lowest BCUT2D eigenvalue weighted by Crippen LogP contribution is -2.29. The predicted octanol–water partition coefficient (Wildman–Crippen LogP) is 1.79. The van der Waals surface area contributed by atoms with E-state index in [-0.39, 0.29) is 12.0 Å². The molecule has 1 fully saturated rings. The molecule has 1 aliphatic heterocycles. The van der Waals surface area contributed by atoms with Crippen molar-refractivity contribution < 1.29 is 14.3 Å². The topological polar surface area (TPSA) is 73.6 Å². The molecule has 2 rings (SSSR count). The average molecular weight is 285 g/mol. The highest BCUT2D eigenvalue weighted by Crippen LogP contribution is 2.29. The first kappa shape index (κ1) is 14.1. The maximum Gasteiger partial charge on any atom is 0.253 e. The number of amides is 1. The molecule has 19 heavy (non-hydrogen) atoms. The Morgan fingerprint density at radius 1 is 1.58 bits per heavy atom. The van der Waals surface area contributed by atoms with Crippen LogP contribution in [-0.4, -0.2) is 31.8 Å². The number of benzene rings is 1. The highest BCUT2D eigenvalue weighted by molar-refractivity contribution is 6.31. The van der Waals surface area contributed by atoms with Crippen LogP contribution in [0.5, 0.6) is 5.75 Å². The number of anilines is 1. The van der Waals surface area contributed by atoms with Gasteiger partial charge in [0.25, 0.3) is 5.91 Å². The fourth-order valence-corrected chi connectivity index (χ4v) is 2.24. The van der Waals surface area contributed by atoms with Crippen molar-refractivity contribution in [3.05, 3.63) is 23.2 Å². The average Bonchev–Trinajstić information content (AvgIpc) is 2.88. The lowest BCUT2D eigenvalue weighted by atomic mass is 10.2. The third kappa shape index (κ3) is 3.37. The van der Waals surface area contributed by atoms with Gasteiger partial charge in [0.15, 0.2) is 0 Å². The molecule has 2 unspecified atom stereocenters. The Balaban J connectivity index is 2.05. The Morgan fingerprint density at radius 2 is 2.37 bits per heavy atom. The first-order valence-electron chi connectivity index (χ1n) is 6.14. The molecule has 1 aromatic rings. The van der Waals surface area contributed by atoms with E-state index >= 15 is 0 Å². The van der Waals surface area contributed by atoms with Gasteiger partial charge in [-0.05, 0) is 31.0 Å². The van der Waals surface area contributed by atoms with Gasteiger partial charge in [0.1, 0.15) is 11.9 Å². The molecule has 1 heterocycles. The summed E-state index contributed by atoms with van der Waals surface area (Å²) in [5, 5.41) is 3.31. The van der Waals surface area contributed by atoms with Gasteiger partial charge in [-0.3, -0.25) is 4.79 Å². The minimum absolute atomic E-state index is 0.0305. The third-order valence-corrected chi connectivity index (χ3v) is 3.32. The largest absolute Gasteiger partial charge is 0.495 e. The number of methoxy groups -OCH3 is 1. The number of rotatable bonds is 4. The van der Waals surface area contributed by atoms with Gasteiger partial charge in [-0.2, -0.15) is 0 Å². The number of hydrogen-bond donors (Lipinski definition) is 2. The molecule has 5 nitrogen and oxygen atoms in total. The van der Waals surface area contributed by atoms with Crippen LogP contribution in [0.1, 0.15) is 12.8 Å². The zero-order valence-electron chi connectivity index (χ0n) is 10.7. The third-order valence-electron chi connectivity index (χ3n) is 3.08. The summed E-state index contributed by atoms with van der Waals surface area (Å²) in [6.07, 6.45) is 0.993. The van der Waals surface area contributed by atoms with Crippen molar-refractivity contribution in [2.75, 3.05) is 19.0 Å². The van der Waals surface area contributed by atoms with E-state index in [1.807, 2.05) is 0 Å². The molecule has 1 aliphatic rings. The van der Waals surface area contributed by atoms with E-state index in [1.54, 1.807) is 18.2 Å². The zero-order valence-corrected chi connectivity index (χ0v) is 11.4. The molecule has 1 saturated heterocycles. The normalized spacial score (nSPS) is 22.3. The lowest BCUT2D eigenvalue weighted by Gasteiger charge is -2.14. The highest BCUT2D eigenvalue weighted by atomic mass is 35.5. The van der Waals surface area contributed by atoms with E-state index in [0.29, 0.717) is 29.4 Å². The molecular weight excluding hydrogens is 268 g/mol. The van der Waals surface area contributed by atoms with Crippen LogP contribution in [0.15, 0.2) is 18.2 Å². The van der Waals surface area contributed by atoms with Crippen molar-refractivity contribution in [3.63, 3.8) is 0 Å². The molecule has 1 aromatic carbocycles. The van der Waals surface area contributed by atoms with Crippen LogP contribution in [0.2, 0.25) is 5.02 Å². The molecule has 0 saturated carbocycles. The monoisotopic (exact) mass is 284 g/mol. The first-order chi connectivity index (χ1) is 9.13. The second-order valence-corrected chi connectivity index (χ2v) is 4.83. The van der Waals surface area contributed by atoms with Crippen LogP contribution in [0.25, 0.3) is 0 Å². The molecule has 0 bridgehead atoms. The minimum atomic E-state index is -0.461. The molecule has 1 amide bonds. The summed E-state index contributed by atoms with van der Waals surface area (Å²) in [5.41, 5.74) is 6.06. The van der Waals surface area contributed by atoms with Crippen molar-refractivity contribution >= 4 is 23.2 Å². The number of nitrogens with two attached hydrogens (primary N) is 1. The summed E-state index contributed by atoms with van der Waals surface area (Å²) >= 11 is 5.91. The highest BCUT2D eigenvalue weighted by Gasteiger charge is 2.30. The zero-order chi connectivity index (χ0) is 13.8. The fraction of sp³-hybridized carbons (Fsp3) is 0.462. The summed E-state index contributed by atoms with van der Waals surface area (Å²) in [5.74, 6) is 0.364. The summed E-state index contributed by atoms with van der Waals surface area (Å²) in [6, 6.07) is 5.05. The number of nitrogens with one attached hydrogen (secondary N) is 1. The van der Waals surface area contributed by atoms with E-state index in [0.717, 1.165) is 6.42 Å². The van der Waals surface area contributed by atoms with E-state index in [4.69, 9.17) is 26.8 Å². The van der Waals surface area contributed by atoms with Crippen molar-refractivity contribution in [3.8, 4) is 5.75 Å². The number of carbonyl (C=O) groups excluding carboxylic acids is 1. The van der Waals surface area contributed by atoms with Crippen LogP contribution < -0.4 is 15.8 Å². The standard InChI is InChI=1S/C13H17ClN2O3/c1-18-11-4-2-8(14)6-10(11)16-13(17)12-5-3-9(7-15)19-12/h2,4,6,9,12H,3,5,7,15H2,1H3,(H,16,17). The van der Waals surface area contributed by atoms with E-state index in [2.05, 4.69) is 5.32 Å². The Kier molecular flexibility index (Phi) is 4.63. The fourth-order valence-electron chi connectivity index (χ4n) is 2.06. The van der Waals surface area contributed by atoms with E-state index in [9.17, 15) is 4.79 Å². The van der Waals surface area contributed by atoms with Gasteiger partial charge in [0.05, 0.1) is 18.9 Å². The van der Waals surface area contributed by atoms with Gasteiger partial charge in [0.2, 0.25) is 0 Å². The second kappa shape index (κ2) is 6.23. The summed E-state index contributed by atoms with van der Waals surface area (Å²) in [6.45, 7) is 0.435.